The van der Waals surface area contributed by atoms with Crippen LogP contribution in [0.5, 0.6) is 0 Å². The van der Waals surface area contributed by atoms with Gasteiger partial charge in [-0.1, -0.05) is 11.6 Å². The van der Waals surface area contributed by atoms with Gasteiger partial charge in [0.15, 0.2) is 12.4 Å². The molecule has 0 amide bonds. The Kier molecular flexibility index (Phi) is 2.54. The number of hydrogen-bond acceptors (Lipinski definition) is 3. The summed E-state index contributed by atoms with van der Waals surface area (Å²) < 4.78 is 9.56. The second-order valence-corrected chi connectivity index (χ2v) is 2.38. The summed E-state index contributed by atoms with van der Waals surface area (Å²) in [5.41, 5.74) is 0. The van der Waals surface area contributed by atoms with Crippen LogP contribution in [0.25, 0.3) is 0 Å². The number of hydrogen-bond donors (Lipinski definition) is 0. The molecule has 0 aromatic carbocycles. The number of esters is 1. The number of furan rings is 1. The zero-order valence-corrected chi connectivity index (χ0v) is 6.72. The lowest BCUT2D eigenvalue weighted by molar-refractivity contribution is -0.142. The van der Waals surface area contributed by atoms with Gasteiger partial charge in [0.2, 0.25) is 0 Å². The molecule has 11 heavy (non-hydrogen) atoms. The summed E-state index contributed by atoms with van der Waals surface area (Å²) >= 11 is 5.64. The van der Waals surface area contributed by atoms with Crippen LogP contribution in [-0.4, -0.2) is 5.97 Å². The summed E-state index contributed by atoms with van der Waals surface area (Å²) in [4.78, 5) is 10.3. The SMILES string of the molecule is CC(=O)OCc1occc1Cl. The standard InChI is InChI=1S/C7H7ClO3/c1-5(9)11-4-7-6(8)2-3-10-7/h2-3H,4H2,1H3. The van der Waals surface area contributed by atoms with Gasteiger partial charge in [-0.3, -0.25) is 4.79 Å². The van der Waals surface area contributed by atoms with E-state index in [-0.39, 0.29) is 12.6 Å². The zero-order valence-electron chi connectivity index (χ0n) is 5.96. The second-order valence-electron chi connectivity index (χ2n) is 1.97. The lowest BCUT2D eigenvalue weighted by Gasteiger charge is -1.97. The van der Waals surface area contributed by atoms with E-state index in [4.69, 9.17) is 16.0 Å². The van der Waals surface area contributed by atoms with Gasteiger partial charge in [-0.05, 0) is 6.07 Å². The summed E-state index contributed by atoms with van der Waals surface area (Å²) in [5, 5.41) is 0.478. The number of halogens is 1. The van der Waals surface area contributed by atoms with Crippen LogP contribution in [0.15, 0.2) is 16.7 Å². The highest BCUT2D eigenvalue weighted by atomic mass is 35.5. The van der Waals surface area contributed by atoms with Crippen molar-refractivity contribution in [1.29, 1.82) is 0 Å². The van der Waals surface area contributed by atoms with E-state index in [9.17, 15) is 4.79 Å². The van der Waals surface area contributed by atoms with Gasteiger partial charge in [0.1, 0.15) is 0 Å². The maximum absolute atomic E-state index is 10.3. The van der Waals surface area contributed by atoms with Crippen molar-refractivity contribution in [1.82, 2.24) is 0 Å². The van der Waals surface area contributed by atoms with Gasteiger partial charge < -0.3 is 9.15 Å². The molecule has 1 heterocycles. The predicted octanol–water partition coefficient (Wildman–Crippen LogP) is 2.00. The van der Waals surface area contributed by atoms with Crippen molar-refractivity contribution < 1.29 is 13.9 Å². The molecule has 0 saturated heterocycles. The van der Waals surface area contributed by atoms with E-state index in [1.807, 2.05) is 0 Å². The molecule has 3 nitrogen and oxygen atoms in total. The van der Waals surface area contributed by atoms with E-state index in [1.165, 1.54) is 13.2 Å². The first-order chi connectivity index (χ1) is 5.20. The second kappa shape index (κ2) is 3.44. The van der Waals surface area contributed by atoms with Crippen LogP contribution in [0.4, 0.5) is 0 Å². The summed E-state index contributed by atoms with van der Waals surface area (Å²) in [6.45, 7) is 1.43. The molecule has 1 aromatic heterocycles. The fourth-order valence-electron chi connectivity index (χ4n) is 0.595. The van der Waals surface area contributed by atoms with Crippen molar-refractivity contribution in [2.45, 2.75) is 13.5 Å². The third-order valence-electron chi connectivity index (χ3n) is 1.10. The average molecular weight is 175 g/mol. The fraction of sp³-hybridized carbons (Fsp3) is 0.286. The Morgan fingerprint density at radius 3 is 3.00 bits per heavy atom. The van der Waals surface area contributed by atoms with Crippen molar-refractivity contribution in [3.8, 4) is 0 Å². The fourth-order valence-corrected chi connectivity index (χ4v) is 0.746. The first-order valence-electron chi connectivity index (χ1n) is 3.05. The van der Waals surface area contributed by atoms with Gasteiger partial charge in [0.05, 0.1) is 11.3 Å². The van der Waals surface area contributed by atoms with Gasteiger partial charge in [0.25, 0.3) is 0 Å². The van der Waals surface area contributed by atoms with Crippen molar-refractivity contribution in [2.75, 3.05) is 0 Å². The van der Waals surface area contributed by atoms with Crippen LogP contribution >= 0.6 is 11.6 Å². The molecule has 0 fully saturated rings. The summed E-state index contributed by atoms with van der Waals surface area (Å²) in [7, 11) is 0. The molecular formula is C7H7ClO3. The van der Waals surface area contributed by atoms with Crippen molar-refractivity contribution in [3.05, 3.63) is 23.1 Å². The van der Waals surface area contributed by atoms with Crippen molar-refractivity contribution in [3.63, 3.8) is 0 Å². The molecule has 0 aliphatic rings. The number of carbonyl (C=O) groups is 1. The number of ether oxygens (including phenoxy) is 1. The smallest absolute Gasteiger partial charge is 0.303 e. The molecule has 1 rings (SSSR count). The Bertz CT molecular complexity index is 254. The molecule has 0 bridgehead atoms. The summed E-state index contributed by atoms with van der Waals surface area (Å²) in [6, 6.07) is 1.60. The monoisotopic (exact) mass is 174 g/mol. The van der Waals surface area contributed by atoms with E-state index in [0.717, 1.165) is 0 Å². The summed E-state index contributed by atoms with van der Waals surface area (Å²) in [5.74, 6) is 0.124. The predicted molar refractivity (Wildman–Crippen MR) is 39.2 cm³/mol. The van der Waals surface area contributed by atoms with E-state index in [0.29, 0.717) is 10.8 Å². The van der Waals surface area contributed by atoms with Crippen LogP contribution in [0.2, 0.25) is 5.02 Å². The van der Waals surface area contributed by atoms with Gasteiger partial charge >= 0.3 is 5.97 Å². The molecule has 4 heteroatoms. The van der Waals surface area contributed by atoms with Gasteiger partial charge in [0, 0.05) is 6.92 Å². The molecule has 0 unspecified atom stereocenters. The lowest BCUT2D eigenvalue weighted by Crippen LogP contribution is -1.97. The van der Waals surface area contributed by atoms with Crippen molar-refractivity contribution >= 4 is 17.6 Å². The molecule has 0 spiro atoms. The molecular weight excluding hydrogens is 168 g/mol. The van der Waals surface area contributed by atoms with Crippen LogP contribution < -0.4 is 0 Å². The molecule has 0 N–H and O–H groups in total. The minimum atomic E-state index is -0.350. The zero-order chi connectivity index (χ0) is 8.27. The Balaban J connectivity index is 2.51. The quantitative estimate of drug-likeness (QED) is 0.644. The molecule has 1 aromatic rings. The Hall–Kier alpha value is -0.960. The molecule has 0 aliphatic heterocycles. The maximum Gasteiger partial charge on any atom is 0.303 e. The highest BCUT2D eigenvalue weighted by Crippen LogP contribution is 2.17. The minimum absolute atomic E-state index is 0.0984. The average Bonchev–Trinajstić information content (AvgIpc) is 2.31. The molecule has 60 valence electrons. The van der Waals surface area contributed by atoms with Gasteiger partial charge in [-0.15, -0.1) is 0 Å². The third kappa shape index (κ3) is 2.27. The van der Waals surface area contributed by atoms with E-state index in [2.05, 4.69) is 4.74 Å². The molecule has 0 atom stereocenters. The van der Waals surface area contributed by atoms with Crippen LogP contribution in [0.1, 0.15) is 12.7 Å². The molecule has 0 radical (unpaired) electrons. The topological polar surface area (TPSA) is 39.4 Å². The normalized spacial score (nSPS) is 9.64. The van der Waals surface area contributed by atoms with E-state index < -0.39 is 0 Å². The Morgan fingerprint density at radius 2 is 2.55 bits per heavy atom. The van der Waals surface area contributed by atoms with Gasteiger partial charge in [-0.2, -0.15) is 0 Å². The first kappa shape index (κ1) is 8.14. The number of rotatable bonds is 2. The minimum Gasteiger partial charge on any atom is -0.464 e. The Labute approximate surface area is 68.9 Å². The van der Waals surface area contributed by atoms with Crippen LogP contribution in [0.3, 0.4) is 0 Å². The third-order valence-corrected chi connectivity index (χ3v) is 1.43. The molecule has 0 aliphatic carbocycles. The van der Waals surface area contributed by atoms with E-state index >= 15 is 0 Å². The first-order valence-corrected chi connectivity index (χ1v) is 3.43. The maximum atomic E-state index is 10.3. The highest BCUT2D eigenvalue weighted by Gasteiger charge is 2.04. The van der Waals surface area contributed by atoms with Crippen LogP contribution in [0, 0.1) is 0 Å². The lowest BCUT2D eigenvalue weighted by atomic mass is 10.5. The van der Waals surface area contributed by atoms with Crippen molar-refractivity contribution in [2.24, 2.45) is 0 Å². The molecule has 0 saturated carbocycles. The highest BCUT2D eigenvalue weighted by molar-refractivity contribution is 6.31. The Morgan fingerprint density at radius 1 is 1.82 bits per heavy atom. The summed E-state index contributed by atoms with van der Waals surface area (Å²) in [6.07, 6.45) is 1.45. The number of carbonyl (C=O) groups excluding carboxylic acids is 1. The van der Waals surface area contributed by atoms with Crippen LogP contribution in [-0.2, 0) is 16.1 Å². The van der Waals surface area contributed by atoms with E-state index in [1.54, 1.807) is 6.07 Å². The largest absolute Gasteiger partial charge is 0.464 e. The van der Waals surface area contributed by atoms with Gasteiger partial charge in [-0.25, -0.2) is 0 Å².